The number of rotatable bonds is 0. The van der Waals surface area contributed by atoms with Crippen molar-refractivity contribution in [2.45, 2.75) is 33.6 Å². The molecular weight excluding hydrogens is 144 g/mol. The zero-order valence-corrected chi connectivity index (χ0v) is 8.30. The predicted molar refractivity (Wildman–Crippen MR) is 51.5 cm³/mol. The summed E-state index contributed by atoms with van der Waals surface area (Å²) in [5, 5.41) is 0. The summed E-state index contributed by atoms with van der Waals surface area (Å²) in [4.78, 5) is 0. The molecule has 0 aromatic heterocycles. The van der Waals surface area contributed by atoms with Gasteiger partial charge in [0.15, 0.2) is 0 Å². The van der Waals surface area contributed by atoms with Gasteiger partial charge in [0.2, 0.25) is 0 Å². The van der Waals surface area contributed by atoms with Crippen LogP contribution in [0.15, 0.2) is 0 Å². The first-order valence-corrected chi connectivity index (χ1v) is 5.03. The SMILES string of the molecule is C#C[C@@H]1C[C@@H]2C[C@H]([C@H]1C)C2(C)C. The predicted octanol–water partition coefficient (Wildman–Crippen LogP) is 2.94. The van der Waals surface area contributed by atoms with Gasteiger partial charge in [-0.15, -0.1) is 12.3 Å². The van der Waals surface area contributed by atoms with Crippen LogP contribution >= 0.6 is 0 Å². The highest BCUT2D eigenvalue weighted by Crippen LogP contribution is 2.62. The molecule has 3 saturated carbocycles. The van der Waals surface area contributed by atoms with Crippen LogP contribution in [0.1, 0.15) is 33.6 Å². The first-order chi connectivity index (χ1) is 5.57. The minimum Gasteiger partial charge on any atom is -0.120 e. The van der Waals surface area contributed by atoms with Crippen molar-refractivity contribution in [3.8, 4) is 12.3 Å². The summed E-state index contributed by atoms with van der Waals surface area (Å²) in [6.07, 6.45) is 8.23. The van der Waals surface area contributed by atoms with Crippen molar-refractivity contribution in [2.75, 3.05) is 0 Å². The molecule has 0 radical (unpaired) electrons. The molecule has 4 atom stereocenters. The standard InChI is InChI=1S/C12H18/c1-5-9-6-10-7-11(8(9)2)12(10,3)4/h1,8-11H,6-7H2,2-4H3/t8-,9+,10+,11+/m0/s1. The van der Waals surface area contributed by atoms with Gasteiger partial charge in [0.05, 0.1) is 0 Å². The highest BCUT2D eigenvalue weighted by Gasteiger charge is 2.55. The Hall–Kier alpha value is -0.440. The molecule has 0 unspecified atom stereocenters. The minimum atomic E-state index is 0.571. The molecule has 0 nitrogen and oxygen atoms in total. The van der Waals surface area contributed by atoms with Gasteiger partial charge in [-0.05, 0) is 36.0 Å². The van der Waals surface area contributed by atoms with Gasteiger partial charge in [0.25, 0.3) is 0 Å². The molecule has 3 rings (SSSR count). The summed E-state index contributed by atoms with van der Waals surface area (Å²) >= 11 is 0. The maximum atomic E-state index is 5.52. The molecular formula is C12H18. The Labute approximate surface area is 75.7 Å². The second-order valence-electron chi connectivity index (χ2n) is 5.23. The molecule has 66 valence electrons. The first-order valence-electron chi connectivity index (χ1n) is 5.03. The van der Waals surface area contributed by atoms with E-state index in [2.05, 4.69) is 26.7 Å². The molecule has 0 N–H and O–H groups in total. The van der Waals surface area contributed by atoms with Crippen LogP contribution in [0.25, 0.3) is 0 Å². The van der Waals surface area contributed by atoms with Crippen LogP contribution < -0.4 is 0 Å². The van der Waals surface area contributed by atoms with E-state index in [1.54, 1.807) is 0 Å². The van der Waals surface area contributed by atoms with E-state index in [0.29, 0.717) is 11.3 Å². The van der Waals surface area contributed by atoms with E-state index in [4.69, 9.17) is 6.42 Å². The summed E-state index contributed by atoms with van der Waals surface area (Å²) in [6.45, 7) is 7.16. The van der Waals surface area contributed by atoms with Crippen molar-refractivity contribution in [3.63, 3.8) is 0 Å². The van der Waals surface area contributed by atoms with Crippen molar-refractivity contribution in [1.29, 1.82) is 0 Å². The topological polar surface area (TPSA) is 0 Å². The van der Waals surface area contributed by atoms with Crippen molar-refractivity contribution in [1.82, 2.24) is 0 Å². The summed E-state index contributed by atoms with van der Waals surface area (Å²) in [6, 6.07) is 0. The van der Waals surface area contributed by atoms with Crippen molar-refractivity contribution >= 4 is 0 Å². The molecule has 0 saturated heterocycles. The fourth-order valence-corrected chi connectivity index (χ4v) is 3.37. The van der Waals surface area contributed by atoms with Gasteiger partial charge in [-0.3, -0.25) is 0 Å². The van der Waals surface area contributed by atoms with E-state index < -0.39 is 0 Å². The normalized spacial score (nSPS) is 49.2. The van der Waals surface area contributed by atoms with E-state index >= 15 is 0 Å². The molecule has 0 heteroatoms. The van der Waals surface area contributed by atoms with Crippen LogP contribution in [0.4, 0.5) is 0 Å². The van der Waals surface area contributed by atoms with Gasteiger partial charge in [-0.2, -0.15) is 0 Å². The van der Waals surface area contributed by atoms with Gasteiger partial charge in [0, 0.05) is 5.92 Å². The van der Waals surface area contributed by atoms with Crippen LogP contribution in [0, 0.1) is 41.4 Å². The van der Waals surface area contributed by atoms with Crippen LogP contribution in [0.5, 0.6) is 0 Å². The lowest BCUT2D eigenvalue weighted by atomic mass is 9.43. The maximum Gasteiger partial charge on any atom is 0.0231 e. The Morgan fingerprint density at radius 2 is 2.00 bits per heavy atom. The van der Waals surface area contributed by atoms with Crippen LogP contribution in [-0.2, 0) is 0 Å². The first kappa shape index (κ1) is 8.17. The number of terminal acetylenes is 1. The molecule has 0 heterocycles. The Kier molecular flexibility index (Phi) is 1.55. The lowest BCUT2D eigenvalue weighted by Crippen LogP contribution is -2.54. The third-order valence-corrected chi connectivity index (χ3v) is 4.57. The molecule has 0 aliphatic heterocycles. The van der Waals surface area contributed by atoms with E-state index in [1.165, 1.54) is 12.8 Å². The van der Waals surface area contributed by atoms with Crippen molar-refractivity contribution < 1.29 is 0 Å². The lowest BCUT2D eigenvalue weighted by Gasteiger charge is -2.61. The minimum absolute atomic E-state index is 0.571. The fraction of sp³-hybridized carbons (Fsp3) is 0.833. The average molecular weight is 162 g/mol. The number of hydrogen-bond donors (Lipinski definition) is 0. The van der Waals surface area contributed by atoms with E-state index in [1.807, 2.05) is 0 Å². The summed E-state index contributed by atoms with van der Waals surface area (Å²) in [5.41, 5.74) is 0.590. The van der Waals surface area contributed by atoms with E-state index in [9.17, 15) is 0 Å². The third-order valence-electron chi connectivity index (χ3n) is 4.57. The maximum absolute atomic E-state index is 5.52. The van der Waals surface area contributed by atoms with Crippen LogP contribution in [-0.4, -0.2) is 0 Å². The van der Waals surface area contributed by atoms with E-state index in [-0.39, 0.29) is 0 Å². The fourth-order valence-electron chi connectivity index (χ4n) is 3.37. The van der Waals surface area contributed by atoms with Gasteiger partial charge in [0.1, 0.15) is 0 Å². The summed E-state index contributed by atoms with van der Waals surface area (Å²) < 4.78 is 0. The Bertz CT molecular complexity index is 231. The summed E-state index contributed by atoms with van der Waals surface area (Å²) in [5.74, 6) is 6.10. The molecule has 3 aliphatic rings. The van der Waals surface area contributed by atoms with Crippen LogP contribution in [0.3, 0.4) is 0 Å². The van der Waals surface area contributed by atoms with Gasteiger partial charge in [-0.25, -0.2) is 0 Å². The van der Waals surface area contributed by atoms with Crippen molar-refractivity contribution in [2.24, 2.45) is 29.1 Å². The highest BCUT2D eigenvalue weighted by molar-refractivity contribution is 5.11. The number of fused-ring (bicyclic) bond motifs is 2. The monoisotopic (exact) mass is 162 g/mol. The Morgan fingerprint density at radius 3 is 2.42 bits per heavy atom. The molecule has 3 aliphatic carbocycles. The van der Waals surface area contributed by atoms with Crippen molar-refractivity contribution in [3.05, 3.63) is 0 Å². The largest absolute Gasteiger partial charge is 0.120 e. The molecule has 0 aromatic rings. The quantitative estimate of drug-likeness (QED) is 0.480. The molecule has 2 bridgehead atoms. The zero-order valence-electron chi connectivity index (χ0n) is 8.30. The molecule has 0 amide bonds. The average Bonchev–Trinajstić information content (AvgIpc) is 2.03. The smallest absolute Gasteiger partial charge is 0.0231 e. The van der Waals surface area contributed by atoms with Crippen LogP contribution in [0.2, 0.25) is 0 Å². The molecule has 0 spiro atoms. The van der Waals surface area contributed by atoms with Gasteiger partial charge < -0.3 is 0 Å². The zero-order chi connectivity index (χ0) is 8.93. The van der Waals surface area contributed by atoms with Gasteiger partial charge >= 0.3 is 0 Å². The molecule has 3 fully saturated rings. The third kappa shape index (κ3) is 0.802. The summed E-state index contributed by atoms with van der Waals surface area (Å²) in [7, 11) is 0. The molecule has 0 aromatic carbocycles. The Balaban J connectivity index is 2.18. The second-order valence-corrected chi connectivity index (χ2v) is 5.23. The second kappa shape index (κ2) is 2.28. The Morgan fingerprint density at radius 1 is 1.33 bits per heavy atom. The van der Waals surface area contributed by atoms with E-state index in [0.717, 1.165) is 17.8 Å². The number of hydrogen-bond acceptors (Lipinski definition) is 0. The lowest BCUT2D eigenvalue weighted by molar-refractivity contribution is -0.116. The highest BCUT2D eigenvalue weighted by atomic mass is 14.6. The molecule has 12 heavy (non-hydrogen) atoms. The van der Waals surface area contributed by atoms with Gasteiger partial charge in [-0.1, -0.05) is 20.8 Å².